The summed E-state index contributed by atoms with van der Waals surface area (Å²) in [5.74, 6) is -0.0467. The minimum Gasteiger partial charge on any atom is -0.389 e. The molecule has 104 valence electrons. The second-order valence-corrected chi connectivity index (χ2v) is 7.04. The molecule has 0 spiro atoms. The normalized spacial score (nSPS) is 11.2. The fourth-order valence-electron chi connectivity index (χ4n) is 2.00. The van der Waals surface area contributed by atoms with Gasteiger partial charge in [0.1, 0.15) is 4.99 Å². The van der Waals surface area contributed by atoms with Gasteiger partial charge in [-0.1, -0.05) is 66.8 Å². The average Bonchev–Trinajstić information content (AvgIpc) is 2.39. The van der Waals surface area contributed by atoms with Crippen LogP contribution in [0.4, 0.5) is 0 Å². The highest BCUT2D eigenvalue weighted by molar-refractivity contribution is 7.89. The standard InChI is InChI=1S/C15H15NO2S2/c16-15(19)14-9-5-4-8-13(14)11-20(17,18)10-12-6-2-1-3-7-12/h1-9H,10-11H2,(H2,16,19). The summed E-state index contributed by atoms with van der Waals surface area (Å²) >= 11 is 4.95. The topological polar surface area (TPSA) is 60.2 Å². The van der Waals surface area contributed by atoms with E-state index in [1.807, 2.05) is 18.2 Å². The van der Waals surface area contributed by atoms with Crippen LogP contribution in [0.3, 0.4) is 0 Å². The summed E-state index contributed by atoms with van der Waals surface area (Å²) < 4.78 is 24.5. The highest BCUT2D eigenvalue weighted by Crippen LogP contribution is 2.16. The molecule has 20 heavy (non-hydrogen) atoms. The SMILES string of the molecule is NC(=S)c1ccccc1CS(=O)(=O)Cc1ccccc1. The van der Waals surface area contributed by atoms with Gasteiger partial charge in [0.15, 0.2) is 9.84 Å². The first-order valence-electron chi connectivity index (χ1n) is 6.10. The summed E-state index contributed by atoms with van der Waals surface area (Å²) in [4.78, 5) is 0.218. The summed E-state index contributed by atoms with van der Waals surface area (Å²) in [5.41, 5.74) is 7.67. The molecule has 0 radical (unpaired) electrons. The van der Waals surface area contributed by atoms with Crippen molar-refractivity contribution >= 4 is 27.0 Å². The van der Waals surface area contributed by atoms with Gasteiger partial charge in [0.2, 0.25) is 0 Å². The maximum absolute atomic E-state index is 12.3. The van der Waals surface area contributed by atoms with Gasteiger partial charge in [-0.15, -0.1) is 0 Å². The second kappa shape index (κ2) is 6.15. The molecule has 2 aromatic rings. The molecule has 0 unspecified atom stereocenters. The van der Waals surface area contributed by atoms with E-state index in [1.165, 1.54) is 0 Å². The summed E-state index contributed by atoms with van der Waals surface area (Å²) in [6.45, 7) is 0. The van der Waals surface area contributed by atoms with Crippen molar-refractivity contribution < 1.29 is 8.42 Å². The lowest BCUT2D eigenvalue weighted by atomic mass is 10.1. The number of thiocarbonyl (C=S) groups is 1. The molecule has 2 N–H and O–H groups in total. The summed E-state index contributed by atoms with van der Waals surface area (Å²) in [6.07, 6.45) is 0. The molecule has 2 aromatic carbocycles. The Hall–Kier alpha value is -1.72. The molecule has 0 saturated carbocycles. The third-order valence-corrected chi connectivity index (χ3v) is 4.63. The summed E-state index contributed by atoms with van der Waals surface area (Å²) in [6, 6.07) is 16.2. The lowest BCUT2D eigenvalue weighted by Crippen LogP contribution is -2.15. The van der Waals surface area contributed by atoms with Crippen molar-refractivity contribution in [3.8, 4) is 0 Å². The highest BCUT2D eigenvalue weighted by Gasteiger charge is 2.16. The quantitative estimate of drug-likeness (QED) is 0.862. The van der Waals surface area contributed by atoms with Crippen LogP contribution >= 0.6 is 12.2 Å². The summed E-state index contributed by atoms with van der Waals surface area (Å²) in [5, 5.41) is 0. The van der Waals surface area contributed by atoms with Crippen molar-refractivity contribution in [3.63, 3.8) is 0 Å². The monoisotopic (exact) mass is 305 g/mol. The van der Waals surface area contributed by atoms with Gasteiger partial charge in [-0.2, -0.15) is 0 Å². The Labute approximate surface area is 124 Å². The van der Waals surface area contributed by atoms with E-state index in [-0.39, 0.29) is 16.5 Å². The highest BCUT2D eigenvalue weighted by atomic mass is 32.2. The van der Waals surface area contributed by atoms with Crippen LogP contribution in [-0.2, 0) is 21.3 Å². The minimum atomic E-state index is -3.26. The Balaban J connectivity index is 2.23. The van der Waals surface area contributed by atoms with Crippen LogP contribution in [0.25, 0.3) is 0 Å². The smallest absolute Gasteiger partial charge is 0.158 e. The van der Waals surface area contributed by atoms with Crippen LogP contribution in [0.5, 0.6) is 0 Å². The summed E-state index contributed by atoms with van der Waals surface area (Å²) in [7, 11) is -3.26. The van der Waals surface area contributed by atoms with Gasteiger partial charge in [0.25, 0.3) is 0 Å². The van der Waals surface area contributed by atoms with Gasteiger partial charge in [-0.3, -0.25) is 0 Å². The molecule has 0 aliphatic rings. The molecule has 0 atom stereocenters. The average molecular weight is 305 g/mol. The molecular weight excluding hydrogens is 290 g/mol. The van der Waals surface area contributed by atoms with Gasteiger partial charge in [0, 0.05) is 5.56 Å². The van der Waals surface area contributed by atoms with Gasteiger partial charge < -0.3 is 5.73 Å². The molecule has 0 aromatic heterocycles. The first-order chi connectivity index (χ1) is 9.48. The maximum Gasteiger partial charge on any atom is 0.158 e. The lowest BCUT2D eigenvalue weighted by Gasteiger charge is -2.09. The zero-order chi connectivity index (χ0) is 14.6. The van der Waals surface area contributed by atoms with E-state index in [0.717, 1.165) is 5.56 Å². The molecule has 0 heterocycles. The molecule has 0 amide bonds. The predicted octanol–water partition coefficient (Wildman–Crippen LogP) is 2.44. The van der Waals surface area contributed by atoms with E-state index in [1.54, 1.807) is 36.4 Å². The molecule has 0 aliphatic carbocycles. The van der Waals surface area contributed by atoms with Crippen molar-refractivity contribution in [1.29, 1.82) is 0 Å². The second-order valence-electron chi connectivity index (χ2n) is 4.54. The van der Waals surface area contributed by atoms with Crippen LogP contribution < -0.4 is 5.73 Å². The van der Waals surface area contributed by atoms with Crippen LogP contribution in [0.2, 0.25) is 0 Å². The molecular formula is C15H15NO2S2. The Morgan fingerprint density at radius 3 is 2.20 bits per heavy atom. The molecule has 5 heteroatoms. The largest absolute Gasteiger partial charge is 0.389 e. The van der Waals surface area contributed by atoms with Gasteiger partial charge in [-0.25, -0.2) is 8.42 Å². The first kappa shape index (κ1) is 14.7. The van der Waals surface area contributed by atoms with Gasteiger partial charge in [0.05, 0.1) is 11.5 Å². The van der Waals surface area contributed by atoms with E-state index in [9.17, 15) is 8.42 Å². The molecule has 0 aliphatic heterocycles. The molecule has 0 fully saturated rings. The molecule has 0 saturated heterocycles. The Bertz CT molecular complexity index is 710. The van der Waals surface area contributed by atoms with E-state index < -0.39 is 9.84 Å². The van der Waals surface area contributed by atoms with Crippen molar-refractivity contribution in [2.24, 2.45) is 5.73 Å². The maximum atomic E-state index is 12.3. The zero-order valence-corrected chi connectivity index (χ0v) is 12.5. The molecule has 0 bridgehead atoms. The lowest BCUT2D eigenvalue weighted by molar-refractivity contribution is 0.594. The van der Waals surface area contributed by atoms with Crippen LogP contribution in [-0.4, -0.2) is 13.4 Å². The van der Waals surface area contributed by atoms with E-state index >= 15 is 0 Å². The number of benzene rings is 2. The van der Waals surface area contributed by atoms with Gasteiger partial charge >= 0.3 is 0 Å². The minimum absolute atomic E-state index is 0.0134. The fourth-order valence-corrected chi connectivity index (χ4v) is 3.73. The van der Waals surface area contributed by atoms with Crippen LogP contribution in [0.15, 0.2) is 54.6 Å². The number of sulfone groups is 1. The third-order valence-electron chi connectivity index (χ3n) is 2.89. The van der Waals surface area contributed by atoms with Crippen LogP contribution in [0, 0.1) is 0 Å². The van der Waals surface area contributed by atoms with E-state index in [2.05, 4.69) is 0 Å². The number of hydrogen-bond donors (Lipinski definition) is 1. The first-order valence-corrected chi connectivity index (χ1v) is 8.33. The molecule has 2 rings (SSSR count). The van der Waals surface area contributed by atoms with E-state index in [4.69, 9.17) is 18.0 Å². The van der Waals surface area contributed by atoms with Crippen molar-refractivity contribution in [2.75, 3.05) is 0 Å². The molecule has 3 nitrogen and oxygen atoms in total. The zero-order valence-electron chi connectivity index (χ0n) is 10.8. The fraction of sp³-hybridized carbons (Fsp3) is 0.133. The Kier molecular flexibility index (Phi) is 4.52. The van der Waals surface area contributed by atoms with Gasteiger partial charge in [-0.05, 0) is 11.1 Å². The van der Waals surface area contributed by atoms with Crippen molar-refractivity contribution in [3.05, 3.63) is 71.3 Å². The number of hydrogen-bond acceptors (Lipinski definition) is 3. The third kappa shape index (κ3) is 3.88. The van der Waals surface area contributed by atoms with Crippen molar-refractivity contribution in [1.82, 2.24) is 0 Å². The number of nitrogens with two attached hydrogens (primary N) is 1. The van der Waals surface area contributed by atoms with Crippen molar-refractivity contribution in [2.45, 2.75) is 11.5 Å². The Morgan fingerprint density at radius 2 is 1.55 bits per heavy atom. The number of rotatable bonds is 5. The van der Waals surface area contributed by atoms with Crippen LogP contribution in [0.1, 0.15) is 16.7 Å². The predicted molar refractivity (Wildman–Crippen MR) is 85.1 cm³/mol. The Morgan fingerprint density at radius 1 is 0.950 bits per heavy atom. The van der Waals surface area contributed by atoms with E-state index in [0.29, 0.717) is 11.1 Å².